The highest BCUT2D eigenvalue weighted by Gasteiger charge is 2.35. The van der Waals surface area contributed by atoms with Gasteiger partial charge in [0.25, 0.3) is 10.0 Å². The second-order valence-corrected chi connectivity index (χ2v) is 13.5. The Kier molecular flexibility index (Phi) is 12.3. The summed E-state index contributed by atoms with van der Waals surface area (Å²) < 4.78 is 34.5. The molecule has 4 aromatic rings. The summed E-state index contributed by atoms with van der Waals surface area (Å²) in [6.45, 7) is 1.59. The molecule has 0 aliphatic carbocycles. The van der Waals surface area contributed by atoms with Gasteiger partial charge in [-0.05, 0) is 60.0 Å². The van der Waals surface area contributed by atoms with E-state index in [4.69, 9.17) is 39.5 Å². The summed E-state index contributed by atoms with van der Waals surface area (Å²) in [6, 6.07) is 25.4. The molecule has 4 aromatic carbocycles. The molecule has 0 unspecified atom stereocenters. The number of carbonyl (C=O) groups is 2. The van der Waals surface area contributed by atoms with E-state index < -0.39 is 28.5 Å². The van der Waals surface area contributed by atoms with Crippen molar-refractivity contribution >= 4 is 62.3 Å². The van der Waals surface area contributed by atoms with Gasteiger partial charge in [-0.2, -0.15) is 0 Å². The molecule has 1 atom stereocenters. The number of rotatable bonds is 14. The summed E-state index contributed by atoms with van der Waals surface area (Å²) in [4.78, 5) is 29.6. The third kappa shape index (κ3) is 8.73. The standard InChI is InChI=1S/C34H34Cl3N3O5S/c1-3-18-38-34(42)31(19-24-10-6-4-7-11-24)39(22-25-14-15-26(35)20-29(25)36)33(41)23-40(27-16-17-32(45-2)30(37)21-27)46(43,44)28-12-8-5-9-13-28/h4-17,20-21,31H,3,18-19,22-23H2,1-2H3,(H,38,42)/t31-/m1/s1. The first-order valence-electron chi connectivity index (χ1n) is 14.5. The highest BCUT2D eigenvalue weighted by Crippen LogP contribution is 2.32. The SMILES string of the molecule is CCCNC(=O)[C@@H](Cc1ccccc1)N(Cc1ccc(Cl)cc1Cl)C(=O)CN(c1ccc(OC)c(Cl)c1)S(=O)(=O)c1ccccc1. The van der Waals surface area contributed by atoms with Crippen molar-refractivity contribution in [2.24, 2.45) is 0 Å². The Bertz CT molecular complexity index is 1760. The maximum absolute atomic E-state index is 14.5. The van der Waals surface area contributed by atoms with Crippen LogP contribution >= 0.6 is 34.8 Å². The van der Waals surface area contributed by atoms with Gasteiger partial charge in [-0.25, -0.2) is 8.42 Å². The second-order valence-electron chi connectivity index (χ2n) is 10.4. The number of nitrogens with zero attached hydrogens (tertiary/aromatic N) is 2. The second kappa shape index (κ2) is 16.2. The van der Waals surface area contributed by atoms with Crippen molar-refractivity contribution in [2.75, 3.05) is 24.5 Å². The van der Waals surface area contributed by atoms with Crippen LogP contribution in [0.2, 0.25) is 15.1 Å². The van der Waals surface area contributed by atoms with Crippen molar-refractivity contribution in [2.45, 2.75) is 37.2 Å². The molecular weight excluding hydrogens is 669 g/mol. The maximum Gasteiger partial charge on any atom is 0.264 e. The smallest absolute Gasteiger partial charge is 0.264 e. The van der Waals surface area contributed by atoms with Crippen molar-refractivity contribution in [1.82, 2.24) is 10.2 Å². The Balaban J connectivity index is 1.83. The topological polar surface area (TPSA) is 96.0 Å². The molecule has 12 heteroatoms. The van der Waals surface area contributed by atoms with Crippen LogP contribution in [0.15, 0.2) is 102 Å². The highest BCUT2D eigenvalue weighted by molar-refractivity contribution is 7.92. The van der Waals surface area contributed by atoms with E-state index in [0.717, 1.165) is 9.87 Å². The van der Waals surface area contributed by atoms with Crippen LogP contribution in [0, 0.1) is 0 Å². The van der Waals surface area contributed by atoms with Gasteiger partial charge in [-0.15, -0.1) is 0 Å². The van der Waals surface area contributed by atoms with Crippen molar-refractivity contribution in [3.63, 3.8) is 0 Å². The van der Waals surface area contributed by atoms with Crippen LogP contribution in [0.1, 0.15) is 24.5 Å². The quantitative estimate of drug-likeness (QED) is 0.153. The van der Waals surface area contributed by atoms with Gasteiger partial charge in [0.1, 0.15) is 18.3 Å². The molecule has 0 saturated heterocycles. The largest absolute Gasteiger partial charge is 0.495 e. The van der Waals surface area contributed by atoms with E-state index >= 15 is 0 Å². The van der Waals surface area contributed by atoms with Crippen LogP contribution in [-0.4, -0.2) is 51.4 Å². The van der Waals surface area contributed by atoms with Crippen molar-refractivity contribution < 1.29 is 22.7 Å². The predicted molar refractivity (Wildman–Crippen MR) is 183 cm³/mol. The molecule has 0 fully saturated rings. The molecule has 0 bridgehead atoms. The minimum Gasteiger partial charge on any atom is -0.495 e. The number of hydrogen-bond acceptors (Lipinski definition) is 5. The molecule has 0 heterocycles. The van der Waals surface area contributed by atoms with Gasteiger partial charge in [0.2, 0.25) is 11.8 Å². The fourth-order valence-corrected chi connectivity index (χ4v) is 6.96. The molecule has 0 radical (unpaired) electrons. The van der Waals surface area contributed by atoms with E-state index in [1.54, 1.807) is 36.4 Å². The maximum atomic E-state index is 14.5. The molecule has 46 heavy (non-hydrogen) atoms. The van der Waals surface area contributed by atoms with Crippen molar-refractivity contribution in [3.8, 4) is 5.75 Å². The van der Waals surface area contributed by atoms with Crippen molar-refractivity contribution in [1.29, 1.82) is 0 Å². The van der Waals surface area contributed by atoms with Gasteiger partial charge in [-0.1, -0.05) is 96.3 Å². The van der Waals surface area contributed by atoms with Gasteiger partial charge in [0.15, 0.2) is 0 Å². The molecule has 0 spiro atoms. The van der Waals surface area contributed by atoms with Gasteiger partial charge < -0.3 is 15.0 Å². The number of carbonyl (C=O) groups excluding carboxylic acids is 2. The first-order valence-corrected chi connectivity index (χ1v) is 17.1. The van der Waals surface area contributed by atoms with Crippen LogP contribution in [0.4, 0.5) is 5.69 Å². The van der Waals surface area contributed by atoms with Crippen molar-refractivity contribution in [3.05, 3.63) is 123 Å². The zero-order chi connectivity index (χ0) is 33.3. The highest BCUT2D eigenvalue weighted by atomic mass is 35.5. The number of ether oxygens (including phenoxy) is 1. The number of benzene rings is 4. The summed E-state index contributed by atoms with van der Waals surface area (Å²) in [5, 5.41) is 3.77. The van der Waals surface area contributed by atoms with Crippen LogP contribution in [-0.2, 0) is 32.6 Å². The van der Waals surface area contributed by atoms with Crippen LogP contribution in [0.25, 0.3) is 0 Å². The van der Waals surface area contributed by atoms with Gasteiger partial charge in [-0.3, -0.25) is 13.9 Å². The lowest BCUT2D eigenvalue weighted by atomic mass is 10.0. The summed E-state index contributed by atoms with van der Waals surface area (Å²) >= 11 is 19.1. The van der Waals surface area contributed by atoms with Crippen LogP contribution < -0.4 is 14.4 Å². The number of sulfonamides is 1. The Morgan fingerprint density at radius 2 is 1.54 bits per heavy atom. The molecule has 2 amide bonds. The van der Waals surface area contributed by atoms with Gasteiger partial charge in [0, 0.05) is 29.6 Å². The van der Waals surface area contributed by atoms with Crippen LogP contribution in [0.3, 0.4) is 0 Å². The Morgan fingerprint density at radius 3 is 2.15 bits per heavy atom. The fourth-order valence-electron chi connectivity index (χ4n) is 4.81. The molecule has 1 N–H and O–H groups in total. The Labute approximate surface area is 284 Å². The average molecular weight is 703 g/mol. The number of halogens is 3. The average Bonchev–Trinajstić information content (AvgIpc) is 3.05. The zero-order valence-corrected chi connectivity index (χ0v) is 28.4. The summed E-state index contributed by atoms with van der Waals surface area (Å²) in [5.41, 5.74) is 1.49. The minimum atomic E-state index is -4.28. The lowest BCUT2D eigenvalue weighted by molar-refractivity contribution is -0.140. The molecule has 242 valence electrons. The monoisotopic (exact) mass is 701 g/mol. The summed E-state index contributed by atoms with van der Waals surface area (Å²) in [7, 11) is -2.84. The number of hydrogen-bond donors (Lipinski definition) is 1. The van der Waals surface area contributed by atoms with E-state index in [2.05, 4.69) is 5.32 Å². The number of methoxy groups -OCH3 is 1. The third-order valence-corrected chi connectivity index (χ3v) is 9.88. The lowest BCUT2D eigenvalue weighted by Crippen LogP contribution is -2.53. The Morgan fingerprint density at radius 1 is 0.870 bits per heavy atom. The molecule has 4 rings (SSSR count). The summed E-state index contributed by atoms with van der Waals surface area (Å²) in [5.74, 6) is -0.678. The van der Waals surface area contributed by atoms with E-state index in [1.165, 1.54) is 42.3 Å². The van der Waals surface area contributed by atoms with Gasteiger partial charge >= 0.3 is 0 Å². The normalized spacial score (nSPS) is 11.8. The molecule has 0 aliphatic heterocycles. The first kappa shape index (κ1) is 35.1. The van der Waals surface area contributed by atoms with Gasteiger partial charge in [0.05, 0.1) is 22.7 Å². The number of nitrogens with one attached hydrogen (secondary N) is 1. The zero-order valence-electron chi connectivity index (χ0n) is 25.3. The Hall–Kier alpha value is -3.76. The predicted octanol–water partition coefficient (Wildman–Crippen LogP) is 7.02. The minimum absolute atomic E-state index is 0.0245. The molecule has 0 aromatic heterocycles. The first-order chi connectivity index (χ1) is 22.0. The van der Waals surface area contributed by atoms with Crippen LogP contribution in [0.5, 0.6) is 5.75 Å². The number of amides is 2. The molecule has 8 nitrogen and oxygen atoms in total. The third-order valence-electron chi connectivity index (χ3n) is 7.21. The molecular formula is C34H34Cl3N3O5S. The van der Waals surface area contributed by atoms with E-state index in [0.29, 0.717) is 34.3 Å². The molecule has 0 aliphatic rings. The van der Waals surface area contributed by atoms with E-state index in [9.17, 15) is 18.0 Å². The van der Waals surface area contributed by atoms with E-state index in [1.807, 2.05) is 37.3 Å². The lowest BCUT2D eigenvalue weighted by Gasteiger charge is -2.34. The number of anilines is 1. The summed E-state index contributed by atoms with van der Waals surface area (Å²) in [6.07, 6.45) is 0.856. The molecule has 0 saturated carbocycles. The fraction of sp³-hybridized carbons (Fsp3) is 0.235. The van der Waals surface area contributed by atoms with E-state index in [-0.39, 0.29) is 34.5 Å².